The molecule has 4 nitrogen and oxygen atoms in total. The molecule has 2 heterocycles. The van der Waals surface area contributed by atoms with Crippen LogP contribution in [0.4, 0.5) is 0 Å². The lowest BCUT2D eigenvalue weighted by atomic mass is 10.0. The number of nitrogens with zero attached hydrogens (tertiary/aromatic N) is 2. The van der Waals surface area contributed by atoms with Gasteiger partial charge in [-0.1, -0.05) is 35.5 Å². The van der Waals surface area contributed by atoms with Gasteiger partial charge >= 0.3 is 0 Å². The van der Waals surface area contributed by atoms with Gasteiger partial charge in [0.2, 0.25) is 11.7 Å². The molecular formula is C13H15N3O. The van der Waals surface area contributed by atoms with Crippen LogP contribution in [-0.4, -0.2) is 16.7 Å². The molecule has 17 heavy (non-hydrogen) atoms. The standard InChI is InChI=1S/C13H15N3O/c1-13(8-5-9-14-13)12-15-11(16-17-12)10-6-3-2-4-7-10/h2-4,6-7,14H,5,8-9H2,1H3/t13-/m0/s1. The number of hydrogen-bond acceptors (Lipinski definition) is 4. The third-order valence-electron chi connectivity index (χ3n) is 3.30. The van der Waals surface area contributed by atoms with E-state index in [1.807, 2.05) is 30.3 Å². The zero-order chi connectivity index (χ0) is 11.7. The molecule has 88 valence electrons. The van der Waals surface area contributed by atoms with E-state index >= 15 is 0 Å². The topological polar surface area (TPSA) is 51.0 Å². The maximum Gasteiger partial charge on any atom is 0.246 e. The first kappa shape index (κ1) is 10.5. The van der Waals surface area contributed by atoms with Gasteiger partial charge in [0, 0.05) is 5.56 Å². The van der Waals surface area contributed by atoms with E-state index in [9.17, 15) is 0 Å². The molecule has 0 aliphatic carbocycles. The fourth-order valence-corrected chi connectivity index (χ4v) is 2.23. The van der Waals surface area contributed by atoms with Gasteiger partial charge in [-0.05, 0) is 26.3 Å². The maximum atomic E-state index is 5.38. The average molecular weight is 229 g/mol. The number of rotatable bonds is 2. The first-order valence-electron chi connectivity index (χ1n) is 5.93. The Morgan fingerprint density at radius 3 is 2.82 bits per heavy atom. The molecule has 1 N–H and O–H groups in total. The van der Waals surface area contributed by atoms with Crippen LogP contribution in [0.25, 0.3) is 11.4 Å². The molecule has 0 spiro atoms. The van der Waals surface area contributed by atoms with Crippen LogP contribution in [0.2, 0.25) is 0 Å². The van der Waals surface area contributed by atoms with E-state index in [1.54, 1.807) is 0 Å². The third-order valence-corrected chi connectivity index (χ3v) is 3.30. The number of hydrogen-bond donors (Lipinski definition) is 1. The van der Waals surface area contributed by atoms with Crippen molar-refractivity contribution < 1.29 is 4.52 Å². The normalized spacial score (nSPS) is 24.1. The van der Waals surface area contributed by atoms with E-state index in [1.165, 1.54) is 0 Å². The van der Waals surface area contributed by atoms with Gasteiger partial charge in [0.25, 0.3) is 0 Å². The van der Waals surface area contributed by atoms with Crippen LogP contribution in [0.5, 0.6) is 0 Å². The first-order valence-corrected chi connectivity index (χ1v) is 5.93. The molecule has 0 amide bonds. The Morgan fingerprint density at radius 2 is 2.12 bits per heavy atom. The van der Waals surface area contributed by atoms with Gasteiger partial charge in [0.1, 0.15) is 0 Å². The second-order valence-corrected chi connectivity index (χ2v) is 4.65. The maximum absolute atomic E-state index is 5.38. The van der Waals surface area contributed by atoms with Crippen molar-refractivity contribution in [3.8, 4) is 11.4 Å². The molecule has 1 aliphatic heterocycles. The van der Waals surface area contributed by atoms with Crippen molar-refractivity contribution in [1.29, 1.82) is 0 Å². The highest BCUT2D eigenvalue weighted by molar-refractivity contribution is 5.53. The van der Waals surface area contributed by atoms with Crippen LogP contribution < -0.4 is 5.32 Å². The summed E-state index contributed by atoms with van der Waals surface area (Å²) in [4.78, 5) is 4.49. The third kappa shape index (κ3) is 1.85. The van der Waals surface area contributed by atoms with E-state index in [4.69, 9.17) is 4.52 Å². The minimum absolute atomic E-state index is 0.153. The summed E-state index contributed by atoms with van der Waals surface area (Å²) in [6.07, 6.45) is 2.20. The van der Waals surface area contributed by atoms with E-state index in [2.05, 4.69) is 22.4 Å². The molecule has 1 fully saturated rings. The van der Waals surface area contributed by atoms with Crippen LogP contribution in [0.3, 0.4) is 0 Å². The van der Waals surface area contributed by atoms with Gasteiger partial charge in [0.15, 0.2) is 0 Å². The minimum atomic E-state index is -0.153. The van der Waals surface area contributed by atoms with Gasteiger partial charge in [0.05, 0.1) is 5.54 Å². The van der Waals surface area contributed by atoms with Crippen molar-refractivity contribution in [3.05, 3.63) is 36.2 Å². The number of nitrogens with one attached hydrogen (secondary N) is 1. The fraction of sp³-hybridized carbons (Fsp3) is 0.385. The molecule has 1 aromatic heterocycles. The monoisotopic (exact) mass is 229 g/mol. The highest BCUT2D eigenvalue weighted by Gasteiger charge is 2.35. The number of aromatic nitrogens is 2. The Balaban J connectivity index is 1.93. The summed E-state index contributed by atoms with van der Waals surface area (Å²) in [5.74, 6) is 1.35. The molecule has 4 heteroatoms. The Hall–Kier alpha value is -1.68. The Labute approximate surface area is 100 Å². The lowest BCUT2D eigenvalue weighted by Crippen LogP contribution is -2.33. The Kier molecular flexibility index (Phi) is 2.44. The van der Waals surface area contributed by atoms with Crippen molar-refractivity contribution in [2.45, 2.75) is 25.3 Å². The summed E-state index contributed by atoms with van der Waals surface area (Å²) in [6.45, 7) is 3.13. The molecular weight excluding hydrogens is 214 g/mol. The van der Waals surface area contributed by atoms with E-state index in [0.29, 0.717) is 11.7 Å². The lowest BCUT2D eigenvalue weighted by Gasteiger charge is -2.18. The highest BCUT2D eigenvalue weighted by atomic mass is 16.5. The van der Waals surface area contributed by atoms with Gasteiger partial charge in [-0.2, -0.15) is 4.98 Å². The molecule has 1 aromatic carbocycles. The molecule has 1 aliphatic rings. The van der Waals surface area contributed by atoms with Crippen LogP contribution in [-0.2, 0) is 5.54 Å². The summed E-state index contributed by atoms with van der Waals surface area (Å²) in [7, 11) is 0. The molecule has 0 saturated carbocycles. The summed E-state index contributed by atoms with van der Waals surface area (Å²) in [5, 5.41) is 7.47. The van der Waals surface area contributed by atoms with Gasteiger partial charge in [-0.25, -0.2) is 0 Å². The summed E-state index contributed by atoms with van der Waals surface area (Å²) in [6, 6.07) is 9.89. The van der Waals surface area contributed by atoms with E-state index in [0.717, 1.165) is 24.9 Å². The van der Waals surface area contributed by atoms with Crippen LogP contribution in [0, 0.1) is 0 Å². The number of benzene rings is 1. The van der Waals surface area contributed by atoms with Crippen molar-refractivity contribution in [2.75, 3.05) is 6.54 Å². The fourth-order valence-electron chi connectivity index (χ4n) is 2.23. The Morgan fingerprint density at radius 1 is 1.29 bits per heavy atom. The SMILES string of the molecule is C[C@@]1(c2nc(-c3ccccc3)no2)CCCN1. The molecule has 1 saturated heterocycles. The largest absolute Gasteiger partial charge is 0.337 e. The Bertz CT molecular complexity index is 500. The molecule has 1 atom stereocenters. The molecule has 0 radical (unpaired) electrons. The van der Waals surface area contributed by atoms with Gasteiger partial charge in [-0.15, -0.1) is 0 Å². The molecule has 3 rings (SSSR count). The quantitative estimate of drug-likeness (QED) is 0.858. The van der Waals surface area contributed by atoms with Crippen LogP contribution in [0.1, 0.15) is 25.7 Å². The summed E-state index contributed by atoms with van der Waals surface area (Å²) >= 11 is 0. The predicted octanol–water partition coefficient (Wildman–Crippen LogP) is 2.34. The average Bonchev–Trinajstić information content (AvgIpc) is 2.99. The smallest absolute Gasteiger partial charge is 0.246 e. The first-order chi connectivity index (χ1) is 8.28. The van der Waals surface area contributed by atoms with Gasteiger partial charge < -0.3 is 9.84 Å². The lowest BCUT2D eigenvalue weighted by molar-refractivity contribution is 0.275. The zero-order valence-electron chi connectivity index (χ0n) is 9.81. The van der Waals surface area contributed by atoms with Crippen LogP contribution >= 0.6 is 0 Å². The molecule has 2 aromatic rings. The highest BCUT2D eigenvalue weighted by Crippen LogP contribution is 2.30. The van der Waals surface area contributed by atoms with Crippen LogP contribution in [0.15, 0.2) is 34.9 Å². The summed E-state index contributed by atoms with van der Waals surface area (Å²) < 4.78 is 5.38. The van der Waals surface area contributed by atoms with Crippen molar-refractivity contribution in [2.24, 2.45) is 0 Å². The van der Waals surface area contributed by atoms with Crippen molar-refractivity contribution in [1.82, 2.24) is 15.5 Å². The predicted molar refractivity (Wildman–Crippen MR) is 64.3 cm³/mol. The van der Waals surface area contributed by atoms with E-state index < -0.39 is 0 Å². The molecule has 0 bridgehead atoms. The second kappa shape index (κ2) is 3.96. The van der Waals surface area contributed by atoms with Crippen molar-refractivity contribution in [3.63, 3.8) is 0 Å². The van der Waals surface area contributed by atoms with E-state index in [-0.39, 0.29) is 5.54 Å². The molecule has 0 unspecified atom stereocenters. The second-order valence-electron chi connectivity index (χ2n) is 4.65. The summed E-state index contributed by atoms with van der Waals surface area (Å²) in [5.41, 5.74) is 0.837. The minimum Gasteiger partial charge on any atom is -0.337 e. The van der Waals surface area contributed by atoms with Gasteiger partial charge in [-0.3, -0.25) is 0 Å². The zero-order valence-corrected chi connectivity index (χ0v) is 9.81. The van der Waals surface area contributed by atoms with Crippen molar-refractivity contribution >= 4 is 0 Å².